The van der Waals surface area contributed by atoms with E-state index >= 15 is 0 Å². The molecule has 1 unspecified atom stereocenters. The fourth-order valence-corrected chi connectivity index (χ4v) is 5.06. The van der Waals surface area contributed by atoms with Gasteiger partial charge in [-0.3, -0.25) is 0 Å². The van der Waals surface area contributed by atoms with Gasteiger partial charge in [0.15, 0.2) is 0 Å². The lowest BCUT2D eigenvalue weighted by Gasteiger charge is -2.33. The number of anilines is 1. The van der Waals surface area contributed by atoms with Crippen molar-refractivity contribution in [2.75, 3.05) is 37.8 Å². The van der Waals surface area contributed by atoms with Crippen LogP contribution in [0, 0.1) is 0 Å². The minimum absolute atomic E-state index is 0.0937. The third-order valence-corrected chi connectivity index (χ3v) is 7.09. The molecule has 1 heterocycles. The molecule has 2 N–H and O–H groups in total. The fourth-order valence-electron chi connectivity index (χ4n) is 3.95. The van der Waals surface area contributed by atoms with Crippen LogP contribution in [-0.2, 0) is 23.0 Å². The predicted molar refractivity (Wildman–Crippen MR) is 115 cm³/mol. The highest BCUT2D eigenvalue weighted by molar-refractivity contribution is 7.89. The van der Waals surface area contributed by atoms with Crippen LogP contribution in [0.25, 0.3) is 0 Å². The van der Waals surface area contributed by atoms with Crippen molar-refractivity contribution in [1.29, 1.82) is 0 Å². The predicted octanol–water partition coefficient (Wildman–Crippen LogP) is 1.76. The molecule has 152 valence electrons. The van der Waals surface area contributed by atoms with Crippen LogP contribution in [0.2, 0.25) is 0 Å². The largest absolute Gasteiger partial charge is 0.378 e. The average molecular weight is 403 g/mol. The molecule has 0 spiro atoms. The van der Waals surface area contributed by atoms with Gasteiger partial charge >= 0.3 is 0 Å². The molecule has 28 heavy (non-hydrogen) atoms. The molecule has 1 aliphatic heterocycles. The Morgan fingerprint density at radius 2 is 1.75 bits per heavy atom. The Labute approximate surface area is 169 Å². The highest BCUT2D eigenvalue weighted by Gasteiger charge is 2.29. The van der Waals surface area contributed by atoms with E-state index in [1.807, 2.05) is 21.0 Å². The standard InChI is InChI=1S/C22H31N3O2S/c1-4-15-28(26,27)23-16-22(19-9-11-21(12-10-19)24(2)3)25-14-13-18-7-5-6-8-20(18)17-25/h5-12,22-23H,4,13-17H2,1-3H3/p+1/t22-/m0/s1. The number of benzene rings is 2. The molecule has 1 aliphatic rings. The third-order valence-electron chi connectivity index (χ3n) is 5.54. The highest BCUT2D eigenvalue weighted by Crippen LogP contribution is 2.18. The van der Waals surface area contributed by atoms with Gasteiger partial charge in [0.2, 0.25) is 10.0 Å². The van der Waals surface area contributed by atoms with E-state index < -0.39 is 10.0 Å². The van der Waals surface area contributed by atoms with Crippen LogP contribution in [0.15, 0.2) is 48.5 Å². The summed E-state index contributed by atoms with van der Waals surface area (Å²) in [6, 6.07) is 17.2. The van der Waals surface area contributed by atoms with E-state index in [0.29, 0.717) is 13.0 Å². The van der Waals surface area contributed by atoms with Crippen molar-refractivity contribution >= 4 is 15.7 Å². The van der Waals surface area contributed by atoms with Gasteiger partial charge in [0.25, 0.3) is 0 Å². The number of sulfonamides is 1. The molecule has 0 radical (unpaired) electrons. The second-order valence-electron chi connectivity index (χ2n) is 7.81. The number of hydrogen-bond acceptors (Lipinski definition) is 3. The van der Waals surface area contributed by atoms with E-state index in [9.17, 15) is 8.42 Å². The summed E-state index contributed by atoms with van der Waals surface area (Å²) in [5, 5.41) is 0. The topological polar surface area (TPSA) is 53.9 Å². The second-order valence-corrected chi connectivity index (χ2v) is 9.74. The summed E-state index contributed by atoms with van der Waals surface area (Å²) < 4.78 is 27.4. The Bertz CT molecular complexity index is 879. The summed E-state index contributed by atoms with van der Waals surface area (Å²) in [5.41, 5.74) is 5.11. The Hall–Kier alpha value is -1.89. The van der Waals surface area contributed by atoms with Gasteiger partial charge in [0.1, 0.15) is 12.6 Å². The van der Waals surface area contributed by atoms with Crippen LogP contribution in [0.1, 0.15) is 36.1 Å². The van der Waals surface area contributed by atoms with Gasteiger partial charge in [-0.1, -0.05) is 43.3 Å². The van der Waals surface area contributed by atoms with Crippen LogP contribution in [0.5, 0.6) is 0 Å². The first-order chi connectivity index (χ1) is 13.4. The van der Waals surface area contributed by atoms with Gasteiger partial charge in [-0.05, 0) is 24.1 Å². The average Bonchev–Trinajstić information content (AvgIpc) is 2.68. The maximum Gasteiger partial charge on any atom is 0.211 e. The van der Waals surface area contributed by atoms with E-state index in [4.69, 9.17) is 0 Å². The SMILES string of the molecule is CCCS(=O)(=O)NC[C@@H](c1ccc(N(C)C)cc1)[NH+]1CCc2ccccc2C1. The van der Waals surface area contributed by atoms with Crippen molar-refractivity contribution in [3.8, 4) is 0 Å². The smallest absolute Gasteiger partial charge is 0.211 e. The molecule has 6 heteroatoms. The molecule has 0 saturated heterocycles. The zero-order valence-corrected chi connectivity index (χ0v) is 17.9. The van der Waals surface area contributed by atoms with E-state index in [2.05, 4.69) is 58.2 Å². The van der Waals surface area contributed by atoms with E-state index in [0.717, 1.165) is 25.2 Å². The molecule has 0 aliphatic carbocycles. The summed E-state index contributed by atoms with van der Waals surface area (Å²) in [6.07, 6.45) is 1.65. The van der Waals surface area contributed by atoms with Crippen LogP contribution in [-0.4, -0.2) is 41.4 Å². The minimum atomic E-state index is -3.23. The minimum Gasteiger partial charge on any atom is -0.378 e. The van der Waals surface area contributed by atoms with E-state index in [1.54, 1.807) is 0 Å². The van der Waals surface area contributed by atoms with Crippen LogP contribution in [0.4, 0.5) is 5.69 Å². The zero-order chi connectivity index (χ0) is 20.1. The van der Waals surface area contributed by atoms with Gasteiger partial charge in [0, 0.05) is 37.3 Å². The van der Waals surface area contributed by atoms with Gasteiger partial charge in [-0.2, -0.15) is 0 Å². The molecule has 0 aromatic heterocycles. The van der Waals surface area contributed by atoms with Crippen LogP contribution in [0.3, 0.4) is 0 Å². The molecule has 2 aromatic rings. The summed E-state index contributed by atoms with van der Waals surface area (Å²) in [7, 11) is 0.825. The van der Waals surface area contributed by atoms with Gasteiger partial charge in [-0.15, -0.1) is 0 Å². The number of nitrogens with zero attached hydrogens (tertiary/aromatic N) is 1. The summed E-state index contributed by atoms with van der Waals surface area (Å²) in [6.45, 7) is 4.25. The normalized spacial score (nSPS) is 17.8. The van der Waals surface area contributed by atoms with Crippen molar-refractivity contribution in [1.82, 2.24) is 4.72 Å². The van der Waals surface area contributed by atoms with Gasteiger partial charge in [0.05, 0.1) is 18.8 Å². The molecule has 5 nitrogen and oxygen atoms in total. The van der Waals surface area contributed by atoms with Crippen molar-refractivity contribution < 1.29 is 13.3 Å². The van der Waals surface area contributed by atoms with Crippen molar-refractivity contribution in [3.05, 3.63) is 65.2 Å². The number of hydrogen-bond donors (Lipinski definition) is 2. The van der Waals surface area contributed by atoms with E-state index in [-0.39, 0.29) is 11.8 Å². The van der Waals surface area contributed by atoms with Crippen LogP contribution < -0.4 is 14.5 Å². The first kappa shape index (κ1) is 20.8. The first-order valence-electron chi connectivity index (χ1n) is 10.1. The molecular weight excluding hydrogens is 370 g/mol. The fraction of sp³-hybridized carbons (Fsp3) is 0.455. The summed E-state index contributed by atoms with van der Waals surface area (Å²) in [4.78, 5) is 3.49. The Kier molecular flexibility index (Phi) is 6.75. The number of fused-ring (bicyclic) bond motifs is 1. The maximum atomic E-state index is 12.3. The quantitative estimate of drug-likeness (QED) is 0.708. The van der Waals surface area contributed by atoms with Crippen LogP contribution >= 0.6 is 0 Å². The number of quaternary nitrogens is 1. The Balaban J connectivity index is 1.84. The van der Waals surface area contributed by atoms with Crippen molar-refractivity contribution in [2.45, 2.75) is 32.4 Å². The van der Waals surface area contributed by atoms with Crippen molar-refractivity contribution in [2.24, 2.45) is 0 Å². The molecule has 0 fully saturated rings. The highest BCUT2D eigenvalue weighted by atomic mass is 32.2. The zero-order valence-electron chi connectivity index (χ0n) is 17.1. The lowest BCUT2D eigenvalue weighted by Crippen LogP contribution is -3.12. The molecule has 0 bridgehead atoms. The second kappa shape index (κ2) is 9.07. The molecule has 0 amide bonds. The van der Waals surface area contributed by atoms with Crippen molar-refractivity contribution in [3.63, 3.8) is 0 Å². The monoisotopic (exact) mass is 402 g/mol. The summed E-state index contributed by atoms with van der Waals surface area (Å²) in [5.74, 6) is 0.178. The Morgan fingerprint density at radius 3 is 2.39 bits per heavy atom. The Morgan fingerprint density at radius 1 is 1.07 bits per heavy atom. The lowest BCUT2D eigenvalue weighted by atomic mass is 9.96. The van der Waals surface area contributed by atoms with Gasteiger partial charge in [-0.25, -0.2) is 13.1 Å². The lowest BCUT2D eigenvalue weighted by molar-refractivity contribution is -0.945. The number of nitrogens with one attached hydrogen (secondary N) is 2. The molecule has 0 saturated carbocycles. The molecular formula is C22H32N3O2S+. The third kappa shape index (κ3) is 5.13. The first-order valence-corrected chi connectivity index (χ1v) is 11.7. The number of rotatable bonds is 8. The molecule has 2 aromatic carbocycles. The van der Waals surface area contributed by atoms with Gasteiger partial charge < -0.3 is 9.80 Å². The molecule has 2 atom stereocenters. The molecule has 3 rings (SSSR count). The van der Waals surface area contributed by atoms with E-state index in [1.165, 1.54) is 21.6 Å². The maximum absolute atomic E-state index is 12.3. The summed E-state index contributed by atoms with van der Waals surface area (Å²) >= 11 is 0.